The topological polar surface area (TPSA) is 95.6 Å². The lowest BCUT2D eigenvalue weighted by atomic mass is 10.2. The van der Waals surface area contributed by atoms with Gasteiger partial charge in [0.1, 0.15) is 5.69 Å². The van der Waals surface area contributed by atoms with Crippen LogP contribution in [0.3, 0.4) is 0 Å². The maximum Gasteiger partial charge on any atom is 0.454 e. The molecule has 9 heteroatoms. The molecule has 130 valence electrons. The standard InChI is InChI=1S/C15H20N4O4S/c1-4-16-13(20)19(24(22,23)17-15(2)9-10-15)12-8-6-5-7-11(12)18(3)14(19)21/h5-8,17H,4,9-10H2,1-3H3/p+1. The van der Waals surface area contributed by atoms with Crippen LogP contribution in [0.1, 0.15) is 26.7 Å². The quantitative estimate of drug-likeness (QED) is 0.805. The number of anilines is 1. The molecule has 24 heavy (non-hydrogen) atoms. The van der Waals surface area contributed by atoms with Crippen molar-refractivity contribution in [1.29, 1.82) is 0 Å². The number of para-hydroxylation sites is 2. The second kappa shape index (κ2) is 5.27. The first-order valence-electron chi connectivity index (χ1n) is 7.79. The molecule has 0 saturated heterocycles. The Kier molecular flexibility index (Phi) is 3.70. The van der Waals surface area contributed by atoms with Crippen LogP contribution in [0.4, 0.5) is 21.0 Å². The summed E-state index contributed by atoms with van der Waals surface area (Å²) < 4.78 is 27.5. The highest BCUT2D eigenvalue weighted by molar-refractivity contribution is 7.90. The van der Waals surface area contributed by atoms with Crippen molar-refractivity contribution >= 4 is 33.6 Å². The Morgan fingerprint density at radius 3 is 2.54 bits per heavy atom. The molecule has 0 bridgehead atoms. The van der Waals surface area contributed by atoms with Crippen molar-refractivity contribution < 1.29 is 18.0 Å². The van der Waals surface area contributed by atoms with Crippen molar-refractivity contribution in [3.05, 3.63) is 24.3 Å². The molecule has 1 aromatic carbocycles. The van der Waals surface area contributed by atoms with Gasteiger partial charge in [0.25, 0.3) is 0 Å². The summed E-state index contributed by atoms with van der Waals surface area (Å²) >= 11 is 0. The number of carbonyl (C=O) groups excluding carboxylic acids is 2. The van der Waals surface area contributed by atoms with Gasteiger partial charge in [-0.2, -0.15) is 13.1 Å². The number of carbonyl (C=O) groups is 2. The van der Waals surface area contributed by atoms with Crippen LogP contribution in [-0.2, 0) is 10.2 Å². The number of amides is 4. The lowest BCUT2D eigenvalue weighted by molar-refractivity contribution is 0.214. The summed E-state index contributed by atoms with van der Waals surface area (Å²) in [6.07, 6.45) is 1.35. The molecule has 3 rings (SSSR count). The third-order valence-electron chi connectivity index (χ3n) is 4.49. The molecule has 1 atom stereocenters. The SMILES string of the molecule is CCNC(=O)[N+]1(S(=O)(=O)NC2(C)CC2)C(=O)N(C)c2ccccc21. The van der Waals surface area contributed by atoms with Crippen molar-refractivity contribution in [1.82, 2.24) is 13.9 Å². The predicted octanol–water partition coefficient (Wildman–Crippen LogP) is 1.68. The van der Waals surface area contributed by atoms with E-state index in [4.69, 9.17) is 0 Å². The van der Waals surface area contributed by atoms with Gasteiger partial charge in [0.2, 0.25) is 0 Å². The highest BCUT2D eigenvalue weighted by atomic mass is 32.2. The Labute approximate surface area is 141 Å². The van der Waals surface area contributed by atoms with E-state index < -0.39 is 31.7 Å². The van der Waals surface area contributed by atoms with E-state index in [2.05, 4.69) is 10.0 Å². The van der Waals surface area contributed by atoms with Crippen LogP contribution in [0.15, 0.2) is 24.3 Å². The monoisotopic (exact) mass is 353 g/mol. The molecular weight excluding hydrogens is 332 g/mol. The molecular formula is C15H21N4O4S+. The molecule has 1 saturated carbocycles. The van der Waals surface area contributed by atoms with Gasteiger partial charge >= 0.3 is 22.3 Å². The first-order chi connectivity index (χ1) is 11.2. The fourth-order valence-corrected chi connectivity index (χ4v) is 4.89. The highest BCUT2D eigenvalue weighted by Crippen LogP contribution is 2.46. The van der Waals surface area contributed by atoms with Crippen molar-refractivity contribution in [2.24, 2.45) is 0 Å². The number of imide groups is 1. The van der Waals surface area contributed by atoms with E-state index in [0.29, 0.717) is 18.5 Å². The third-order valence-corrected chi connectivity index (χ3v) is 6.48. The van der Waals surface area contributed by atoms with Gasteiger partial charge < -0.3 is 5.32 Å². The number of hydrogen-bond donors (Lipinski definition) is 2. The van der Waals surface area contributed by atoms with Gasteiger partial charge in [-0.25, -0.2) is 9.59 Å². The molecule has 2 aliphatic rings. The molecule has 1 aliphatic carbocycles. The zero-order valence-electron chi connectivity index (χ0n) is 13.9. The molecule has 0 spiro atoms. The summed E-state index contributed by atoms with van der Waals surface area (Å²) in [5, 5.41) is 2.50. The maximum absolute atomic E-state index is 13.2. The largest absolute Gasteiger partial charge is 0.454 e. The average Bonchev–Trinajstić information content (AvgIpc) is 3.17. The first kappa shape index (κ1) is 16.9. The van der Waals surface area contributed by atoms with Gasteiger partial charge in [0.15, 0.2) is 5.69 Å². The zero-order chi connectivity index (χ0) is 17.8. The molecule has 1 fully saturated rings. The highest BCUT2D eigenvalue weighted by Gasteiger charge is 2.67. The summed E-state index contributed by atoms with van der Waals surface area (Å²) in [5.41, 5.74) is -0.0692. The minimum atomic E-state index is -4.35. The normalized spacial score (nSPS) is 24.6. The van der Waals surface area contributed by atoms with Crippen molar-refractivity contribution in [2.75, 3.05) is 18.5 Å². The smallest absolute Gasteiger partial charge is 0.304 e. The van der Waals surface area contributed by atoms with E-state index >= 15 is 0 Å². The number of quaternary nitrogens is 1. The van der Waals surface area contributed by atoms with Crippen molar-refractivity contribution in [3.8, 4) is 0 Å². The van der Waals surface area contributed by atoms with Gasteiger partial charge in [0.05, 0.1) is 0 Å². The Morgan fingerprint density at radius 2 is 1.96 bits per heavy atom. The summed E-state index contributed by atoms with van der Waals surface area (Å²) in [5.74, 6) is 0. The van der Waals surface area contributed by atoms with Gasteiger partial charge in [-0.1, -0.05) is 12.1 Å². The summed E-state index contributed by atoms with van der Waals surface area (Å²) in [7, 11) is -2.88. The Bertz CT molecular complexity index is 819. The first-order valence-corrected chi connectivity index (χ1v) is 9.23. The Hall–Kier alpha value is -1.97. The fourth-order valence-electron chi connectivity index (χ4n) is 2.90. The average molecular weight is 353 g/mol. The van der Waals surface area contributed by atoms with E-state index in [1.165, 1.54) is 18.0 Å². The van der Waals surface area contributed by atoms with Gasteiger partial charge in [-0.15, -0.1) is 0 Å². The van der Waals surface area contributed by atoms with Crippen LogP contribution in [0.5, 0.6) is 0 Å². The Morgan fingerprint density at radius 1 is 1.33 bits per heavy atom. The molecule has 4 amide bonds. The number of urea groups is 2. The van der Waals surface area contributed by atoms with Crippen LogP contribution in [0, 0.1) is 0 Å². The van der Waals surface area contributed by atoms with Crippen LogP contribution in [0.2, 0.25) is 0 Å². The predicted molar refractivity (Wildman–Crippen MR) is 90.8 cm³/mol. The van der Waals surface area contributed by atoms with E-state index in [1.807, 2.05) is 0 Å². The van der Waals surface area contributed by atoms with E-state index in [9.17, 15) is 18.0 Å². The molecule has 1 unspecified atom stereocenters. The number of nitrogens with one attached hydrogen (secondary N) is 2. The van der Waals surface area contributed by atoms with Gasteiger partial charge in [-0.3, -0.25) is 4.90 Å². The Balaban J connectivity index is 2.25. The minimum Gasteiger partial charge on any atom is -0.304 e. The second-order valence-electron chi connectivity index (χ2n) is 6.41. The fraction of sp³-hybridized carbons (Fsp3) is 0.467. The molecule has 8 nitrogen and oxygen atoms in total. The molecule has 1 aliphatic heterocycles. The van der Waals surface area contributed by atoms with Crippen LogP contribution < -0.4 is 18.8 Å². The van der Waals surface area contributed by atoms with E-state index in [1.54, 1.807) is 32.0 Å². The summed E-state index contributed by atoms with van der Waals surface area (Å²) in [6, 6.07) is 4.74. The third kappa shape index (κ3) is 2.15. The lowest BCUT2D eigenvalue weighted by Gasteiger charge is -2.27. The van der Waals surface area contributed by atoms with Gasteiger partial charge in [0, 0.05) is 25.2 Å². The molecule has 1 aromatic rings. The van der Waals surface area contributed by atoms with Crippen LogP contribution in [-0.4, -0.2) is 39.6 Å². The number of rotatable bonds is 4. The van der Waals surface area contributed by atoms with E-state index in [-0.39, 0.29) is 12.2 Å². The number of nitrogens with zero attached hydrogens (tertiary/aromatic N) is 2. The molecule has 2 N–H and O–H groups in total. The van der Waals surface area contributed by atoms with Gasteiger partial charge in [-0.05, 0) is 36.6 Å². The van der Waals surface area contributed by atoms with Crippen molar-refractivity contribution in [3.63, 3.8) is 0 Å². The lowest BCUT2D eigenvalue weighted by Crippen LogP contribution is -2.69. The number of hydrogen-bond acceptors (Lipinski definition) is 4. The van der Waals surface area contributed by atoms with Crippen LogP contribution in [0.25, 0.3) is 0 Å². The maximum atomic E-state index is 13.2. The summed E-state index contributed by atoms with van der Waals surface area (Å²) in [4.78, 5) is 27.0. The number of fused-ring (bicyclic) bond motifs is 1. The molecule has 1 heterocycles. The number of benzene rings is 1. The van der Waals surface area contributed by atoms with Crippen molar-refractivity contribution in [2.45, 2.75) is 32.2 Å². The zero-order valence-corrected chi connectivity index (χ0v) is 14.7. The summed E-state index contributed by atoms with van der Waals surface area (Å²) in [6.45, 7) is 3.65. The van der Waals surface area contributed by atoms with Crippen LogP contribution >= 0.6 is 0 Å². The molecule has 0 aromatic heterocycles. The molecule has 0 radical (unpaired) electrons. The van der Waals surface area contributed by atoms with E-state index in [0.717, 1.165) is 0 Å². The minimum absolute atomic E-state index is 0.132. The second-order valence-corrected chi connectivity index (χ2v) is 8.11.